The van der Waals surface area contributed by atoms with E-state index in [2.05, 4.69) is 15.8 Å². The number of aromatic nitrogens is 1. The maximum absolute atomic E-state index is 13.1. The predicted molar refractivity (Wildman–Crippen MR) is 143 cm³/mol. The van der Waals surface area contributed by atoms with E-state index in [0.29, 0.717) is 54.0 Å². The van der Waals surface area contributed by atoms with Crippen LogP contribution >= 0.6 is 0 Å². The van der Waals surface area contributed by atoms with Crippen LogP contribution in [0.2, 0.25) is 0 Å². The van der Waals surface area contributed by atoms with Crippen molar-refractivity contribution in [3.63, 3.8) is 0 Å². The summed E-state index contributed by atoms with van der Waals surface area (Å²) >= 11 is -1.49. The predicted octanol–water partition coefficient (Wildman–Crippen LogP) is 4.89. The SMILES string of the molecule is Cc1cccc(CC2(O)CCN(C(=O)c3ccc(N[S+]([O-])c4cccc5cccnc45)cc3)CC2)c1. The monoisotopic (exact) mass is 499 g/mol. The molecule has 2 N–H and O–H groups in total. The number of amides is 1. The molecule has 1 fully saturated rings. The second kappa shape index (κ2) is 10.3. The topological polar surface area (TPSA) is 88.5 Å². The van der Waals surface area contributed by atoms with Gasteiger partial charge in [-0.25, -0.2) is 4.72 Å². The molecular formula is C29H29N3O3S. The van der Waals surface area contributed by atoms with Crippen LogP contribution < -0.4 is 4.72 Å². The van der Waals surface area contributed by atoms with Gasteiger partial charge in [0.15, 0.2) is 0 Å². The van der Waals surface area contributed by atoms with Crippen molar-refractivity contribution in [2.45, 2.75) is 36.7 Å². The Kier molecular flexibility index (Phi) is 6.96. The van der Waals surface area contributed by atoms with Crippen LogP contribution in [0.5, 0.6) is 0 Å². The number of pyridine rings is 1. The highest BCUT2D eigenvalue weighted by atomic mass is 32.2. The molecule has 2 heterocycles. The van der Waals surface area contributed by atoms with Crippen LogP contribution in [0.1, 0.15) is 34.3 Å². The largest absolute Gasteiger partial charge is 0.588 e. The number of rotatable bonds is 6. The molecule has 1 aliphatic heterocycles. The number of nitrogens with zero attached hydrogens (tertiary/aromatic N) is 2. The lowest BCUT2D eigenvalue weighted by molar-refractivity contribution is -0.0162. The molecule has 1 amide bonds. The van der Waals surface area contributed by atoms with Crippen LogP contribution in [0.15, 0.2) is 90.0 Å². The summed E-state index contributed by atoms with van der Waals surface area (Å²) in [6.45, 7) is 3.08. The Labute approximate surface area is 214 Å². The van der Waals surface area contributed by atoms with E-state index in [1.54, 1.807) is 41.4 Å². The standard InChI is InChI=1S/C29H29N3O3S/c1-21-5-2-6-22(19-21)20-29(34)14-17-32(18-15-29)28(33)24-10-12-25(13-11-24)31-36(35)26-9-3-7-23-8-4-16-30-27(23)26/h2-13,16,19,31,34H,14-15,17-18,20H2,1H3. The molecule has 0 radical (unpaired) electrons. The number of anilines is 1. The van der Waals surface area contributed by atoms with Gasteiger partial charge in [-0.1, -0.05) is 48.0 Å². The Morgan fingerprint density at radius 2 is 1.78 bits per heavy atom. The zero-order chi connectivity index (χ0) is 25.1. The number of aryl methyl sites for hydroxylation is 1. The zero-order valence-electron chi connectivity index (χ0n) is 20.2. The van der Waals surface area contributed by atoms with E-state index < -0.39 is 17.0 Å². The van der Waals surface area contributed by atoms with E-state index in [-0.39, 0.29) is 5.91 Å². The average Bonchev–Trinajstić information content (AvgIpc) is 2.88. The lowest BCUT2D eigenvalue weighted by Gasteiger charge is -2.38. The molecule has 0 spiro atoms. The van der Waals surface area contributed by atoms with E-state index in [0.717, 1.165) is 10.9 Å². The van der Waals surface area contributed by atoms with Crippen molar-refractivity contribution in [2.75, 3.05) is 17.8 Å². The van der Waals surface area contributed by atoms with Gasteiger partial charge < -0.3 is 14.6 Å². The highest BCUT2D eigenvalue weighted by Gasteiger charge is 2.34. The fourth-order valence-electron chi connectivity index (χ4n) is 4.76. The lowest BCUT2D eigenvalue weighted by atomic mass is 9.85. The van der Waals surface area contributed by atoms with Gasteiger partial charge in [-0.15, -0.1) is 0 Å². The molecule has 1 atom stereocenters. The summed E-state index contributed by atoms with van der Waals surface area (Å²) in [4.78, 5) is 19.8. The van der Waals surface area contributed by atoms with Crippen LogP contribution in [-0.4, -0.2) is 44.1 Å². The fraction of sp³-hybridized carbons (Fsp3) is 0.241. The molecule has 1 aromatic heterocycles. The van der Waals surface area contributed by atoms with Gasteiger partial charge in [-0.2, -0.15) is 0 Å². The minimum Gasteiger partial charge on any atom is -0.588 e. The third-order valence-corrected chi connectivity index (χ3v) is 7.88. The van der Waals surface area contributed by atoms with Crippen LogP contribution in [-0.2, 0) is 17.8 Å². The molecular weight excluding hydrogens is 470 g/mol. The quantitative estimate of drug-likeness (QED) is 0.369. The summed E-state index contributed by atoms with van der Waals surface area (Å²) in [6.07, 6.45) is 3.38. The summed E-state index contributed by atoms with van der Waals surface area (Å²) in [6, 6.07) is 24.6. The Balaban J connectivity index is 1.20. The molecule has 3 aromatic carbocycles. The van der Waals surface area contributed by atoms with Crippen molar-refractivity contribution in [2.24, 2.45) is 0 Å². The van der Waals surface area contributed by atoms with Crippen LogP contribution in [0.25, 0.3) is 10.9 Å². The van der Waals surface area contributed by atoms with Crippen molar-refractivity contribution in [3.05, 3.63) is 102 Å². The van der Waals surface area contributed by atoms with E-state index in [1.807, 2.05) is 49.4 Å². The normalized spacial score (nSPS) is 16.0. The number of para-hydroxylation sites is 1. The second-order valence-electron chi connectivity index (χ2n) is 9.46. The number of fused-ring (bicyclic) bond motifs is 1. The molecule has 0 bridgehead atoms. The van der Waals surface area contributed by atoms with Gasteiger partial charge in [0.1, 0.15) is 16.9 Å². The molecule has 1 unspecified atom stereocenters. The molecule has 1 saturated heterocycles. The summed E-state index contributed by atoms with van der Waals surface area (Å²) in [5, 5.41) is 12.0. The minimum atomic E-state index is -1.49. The molecule has 6 nitrogen and oxygen atoms in total. The van der Waals surface area contributed by atoms with Gasteiger partial charge in [0.05, 0.1) is 11.3 Å². The zero-order valence-corrected chi connectivity index (χ0v) is 21.0. The van der Waals surface area contributed by atoms with Gasteiger partial charge in [0, 0.05) is 36.7 Å². The molecule has 36 heavy (non-hydrogen) atoms. The maximum Gasteiger partial charge on any atom is 0.253 e. The van der Waals surface area contributed by atoms with Gasteiger partial charge in [-0.05, 0) is 61.7 Å². The molecule has 184 valence electrons. The number of carbonyl (C=O) groups excluding carboxylic acids is 1. The number of hydrogen-bond donors (Lipinski definition) is 2. The summed E-state index contributed by atoms with van der Waals surface area (Å²) < 4.78 is 16.0. The summed E-state index contributed by atoms with van der Waals surface area (Å²) in [7, 11) is 0. The third kappa shape index (κ3) is 5.38. The van der Waals surface area contributed by atoms with Crippen molar-refractivity contribution in [1.29, 1.82) is 0 Å². The van der Waals surface area contributed by atoms with Crippen LogP contribution in [0.3, 0.4) is 0 Å². The first-order chi connectivity index (χ1) is 17.4. The number of likely N-dealkylation sites (tertiary alicyclic amines) is 1. The number of benzene rings is 3. The average molecular weight is 500 g/mol. The molecule has 0 aliphatic carbocycles. The lowest BCUT2D eigenvalue weighted by Crippen LogP contribution is -2.47. The Morgan fingerprint density at radius 1 is 1.06 bits per heavy atom. The number of hydrogen-bond acceptors (Lipinski definition) is 5. The van der Waals surface area contributed by atoms with Crippen molar-refractivity contribution < 1.29 is 14.5 Å². The van der Waals surface area contributed by atoms with Gasteiger partial charge in [0.25, 0.3) is 5.91 Å². The molecule has 0 saturated carbocycles. The van der Waals surface area contributed by atoms with E-state index >= 15 is 0 Å². The molecule has 4 aromatic rings. The molecule has 5 rings (SSSR count). The summed E-state index contributed by atoms with van der Waals surface area (Å²) in [5.41, 5.74) is 3.44. The van der Waals surface area contributed by atoms with Crippen LogP contribution in [0.4, 0.5) is 5.69 Å². The first kappa shape index (κ1) is 24.3. The Morgan fingerprint density at radius 3 is 2.53 bits per heavy atom. The highest BCUT2D eigenvalue weighted by molar-refractivity contribution is 7.93. The number of piperidine rings is 1. The van der Waals surface area contributed by atoms with Gasteiger partial charge >= 0.3 is 0 Å². The molecule has 7 heteroatoms. The molecule has 1 aliphatic rings. The van der Waals surface area contributed by atoms with Crippen molar-refractivity contribution in [1.82, 2.24) is 9.88 Å². The number of nitrogens with one attached hydrogen (secondary N) is 1. The maximum atomic E-state index is 13.1. The summed E-state index contributed by atoms with van der Waals surface area (Å²) in [5.74, 6) is -0.0569. The van der Waals surface area contributed by atoms with E-state index in [1.165, 1.54) is 5.56 Å². The Bertz CT molecular complexity index is 1360. The number of aliphatic hydroxyl groups is 1. The fourth-order valence-corrected chi connectivity index (χ4v) is 5.76. The van der Waals surface area contributed by atoms with E-state index in [9.17, 15) is 14.5 Å². The van der Waals surface area contributed by atoms with Crippen LogP contribution in [0, 0.1) is 6.92 Å². The highest BCUT2D eigenvalue weighted by Crippen LogP contribution is 2.28. The Hall–Kier alpha value is -3.39. The van der Waals surface area contributed by atoms with Gasteiger partial charge in [0.2, 0.25) is 4.90 Å². The minimum absolute atomic E-state index is 0.0569. The third-order valence-electron chi connectivity index (χ3n) is 6.73. The smallest absolute Gasteiger partial charge is 0.253 e. The van der Waals surface area contributed by atoms with E-state index in [4.69, 9.17) is 0 Å². The van der Waals surface area contributed by atoms with Crippen molar-refractivity contribution in [3.8, 4) is 0 Å². The van der Waals surface area contributed by atoms with Gasteiger partial charge in [-0.3, -0.25) is 9.78 Å². The first-order valence-electron chi connectivity index (χ1n) is 12.1. The van der Waals surface area contributed by atoms with Crippen molar-refractivity contribution >= 4 is 33.9 Å². The number of carbonyl (C=O) groups is 1. The second-order valence-corrected chi connectivity index (χ2v) is 10.6. The first-order valence-corrected chi connectivity index (χ1v) is 13.2.